The lowest BCUT2D eigenvalue weighted by Crippen LogP contribution is -2.27. The summed E-state index contributed by atoms with van der Waals surface area (Å²) in [5.74, 6) is -0.655. The number of ether oxygens (including phenoxy) is 1. The molecule has 1 amide bonds. The molecule has 184 valence electrons. The minimum Gasteiger partial charge on any atom is -0.463 e. The third-order valence-electron chi connectivity index (χ3n) is 5.98. The number of esters is 1. The maximum Gasteiger partial charge on any atom is 0.336 e. The van der Waals surface area contributed by atoms with Gasteiger partial charge in [-0.15, -0.1) is 23.1 Å². The average Bonchev–Trinajstić information content (AvgIpc) is 3.27. The molecule has 0 fully saturated rings. The van der Waals surface area contributed by atoms with Crippen molar-refractivity contribution >= 4 is 57.0 Å². The Balaban J connectivity index is 1.63. The van der Waals surface area contributed by atoms with E-state index in [-0.39, 0.29) is 35.0 Å². The molecule has 1 N–H and O–H groups in total. The quantitative estimate of drug-likeness (QED) is 0.267. The second-order valence-corrected chi connectivity index (χ2v) is 11.8. The summed E-state index contributed by atoms with van der Waals surface area (Å²) >= 11 is 4.14. The van der Waals surface area contributed by atoms with Crippen LogP contribution in [0, 0.1) is 19.8 Å². The molecule has 0 radical (unpaired) electrons. The van der Waals surface area contributed by atoms with Crippen LogP contribution in [0.4, 0.5) is 0 Å². The molecule has 0 saturated heterocycles. The van der Waals surface area contributed by atoms with E-state index in [9.17, 15) is 14.4 Å². The normalized spacial score (nSPS) is 17.7. The maximum atomic E-state index is 13.5. The topological polar surface area (TPSA) is 90.3 Å². The van der Waals surface area contributed by atoms with E-state index in [2.05, 4.69) is 5.32 Å². The number of aryl methyl sites for hydroxylation is 2. The second-order valence-electron chi connectivity index (χ2n) is 8.25. The summed E-state index contributed by atoms with van der Waals surface area (Å²) in [6, 6.07) is 9.31. The van der Waals surface area contributed by atoms with Gasteiger partial charge in [0.1, 0.15) is 4.83 Å². The number of thioether (sulfide) groups is 2. The van der Waals surface area contributed by atoms with Crippen molar-refractivity contribution in [1.82, 2.24) is 14.9 Å². The third-order valence-corrected chi connectivity index (χ3v) is 9.35. The molecule has 0 saturated carbocycles. The lowest BCUT2D eigenvalue weighted by Gasteiger charge is -2.13. The monoisotopic (exact) mass is 529 g/mol. The fraction of sp³-hybridized carbons (Fsp3) is 0.360. The van der Waals surface area contributed by atoms with Crippen molar-refractivity contribution in [2.75, 3.05) is 12.4 Å². The molecule has 2 atom stereocenters. The summed E-state index contributed by atoms with van der Waals surface area (Å²) in [5, 5.41) is 4.65. The molecule has 35 heavy (non-hydrogen) atoms. The lowest BCUT2D eigenvalue weighted by molar-refractivity contribution is -0.139. The number of carbonyl (C=O) groups excluding carboxylic acids is 2. The molecule has 3 aromatic rings. The lowest BCUT2D eigenvalue weighted by atomic mass is 9.99. The smallest absolute Gasteiger partial charge is 0.336 e. The van der Waals surface area contributed by atoms with Gasteiger partial charge in [-0.1, -0.05) is 43.8 Å². The summed E-state index contributed by atoms with van der Waals surface area (Å²) in [6.45, 7) is 9.92. The van der Waals surface area contributed by atoms with Crippen LogP contribution in [0.2, 0.25) is 0 Å². The van der Waals surface area contributed by atoms with Gasteiger partial charge in [0.05, 0.1) is 34.0 Å². The highest BCUT2D eigenvalue weighted by Crippen LogP contribution is 2.41. The Kier molecular flexibility index (Phi) is 7.73. The first-order valence-electron chi connectivity index (χ1n) is 11.3. The van der Waals surface area contributed by atoms with Gasteiger partial charge in [-0.25, -0.2) is 9.78 Å². The van der Waals surface area contributed by atoms with Crippen molar-refractivity contribution in [3.8, 4) is 5.69 Å². The van der Waals surface area contributed by atoms with Crippen molar-refractivity contribution in [1.29, 1.82) is 0 Å². The SMILES string of the molecule is CCOC(=O)C1=C(NC(=O)CSc2nc3sc(C)c(C)c3c(=O)n2-c2ccccc2)SC(C)C1C. The molecule has 3 heterocycles. The van der Waals surface area contributed by atoms with Gasteiger partial charge < -0.3 is 10.1 Å². The number of benzene rings is 1. The van der Waals surface area contributed by atoms with Crippen LogP contribution >= 0.6 is 34.9 Å². The maximum absolute atomic E-state index is 13.5. The van der Waals surface area contributed by atoms with Gasteiger partial charge in [-0.3, -0.25) is 14.2 Å². The molecule has 0 aliphatic carbocycles. The van der Waals surface area contributed by atoms with Crippen LogP contribution in [0.25, 0.3) is 15.9 Å². The summed E-state index contributed by atoms with van der Waals surface area (Å²) in [6.07, 6.45) is 0. The van der Waals surface area contributed by atoms with Crippen molar-refractivity contribution < 1.29 is 14.3 Å². The predicted molar refractivity (Wildman–Crippen MR) is 143 cm³/mol. The number of para-hydroxylation sites is 1. The molecule has 10 heteroatoms. The van der Waals surface area contributed by atoms with Gasteiger partial charge in [0, 0.05) is 16.0 Å². The largest absolute Gasteiger partial charge is 0.463 e. The highest BCUT2D eigenvalue weighted by molar-refractivity contribution is 8.04. The van der Waals surface area contributed by atoms with E-state index in [0.717, 1.165) is 10.4 Å². The van der Waals surface area contributed by atoms with E-state index in [4.69, 9.17) is 9.72 Å². The molecular formula is C25H27N3O4S3. The van der Waals surface area contributed by atoms with E-state index in [1.807, 2.05) is 58.0 Å². The molecule has 0 bridgehead atoms. The Morgan fingerprint density at radius 1 is 1.20 bits per heavy atom. The van der Waals surface area contributed by atoms with Gasteiger partial charge in [-0.05, 0) is 38.5 Å². The van der Waals surface area contributed by atoms with Gasteiger partial charge in [0.25, 0.3) is 5.56 Å². The van der Waals surface area contributed by atoms with Crippen molar-refractivity contribution in [3.63, 3.8) is 0 Å². The Morgan fingerprint density at radius 3 is 2.60 bits per heavy atom. The number of aromatic nitrogens is 2. The zero-order chi connectivity index (χ0) is 25.3. The number of thiophene rings is 1. The van der Waals surface area contributed by atoms with E-state index >= 15 is 0 Å². The third kappa shape index (κ3) is 5.05. The van der Waals surface area contributed by atoms with Crippen LogP contribution in [0.15, 0.2) is 50.9 Å². The number of nitrogens with zero attached hydrogens (tertiary/aromatic N) is 2. The van der Waals surface area contributed by atoms with E-state index < -0.39 is 5.97 Å². The zero-order valence-corrected chi connectivity index (χ0v) is 22.7. The first-order valence-corrected chi connectivity index (χ1v) is 14.0. The first-order chi connectivity index (χ1) is 16.7. The summed E-state index contributed by atoms with van der Waals surface area (Å²) in [5.41, 5.74) is 1.99. The molecule has 1 aromatic carbocycles. The summed E-state index contributed by atoms with van der Waals surface area (Å²) in [4.78, 5) is 45.4. The average molecular weight is 530 g/mol. The number of hydrogen-bond acceptors (Lipinski definition) is 8. The molecule has 1 aliphatic heterocycles. The number of rotatable bonds is 7. The highest BCUT2D eigenvalue weighted by Gasteiger charge is 2.35. The number of nitrogens with one attached hydrogen (secondary N) is 1. The molecular weight excluding hydrogens is 502 g/mol. The van der Waals surface area contributed by atoms with E-state index in [1.54, 1.807) is 11.5 Å². The van der Waals surface area contributed by atoms with Crippen molar-refractivity contribution in [2.24, 2.45) is 5.92 Å². The predicted octanol–water partition coefficient (Wildman–Crippen LogP) is 4.82. The van der Waals surface area contributed by atoms with Gasteiger partial charge in [0.15, 0.2) is 5.16 Å². The van der Waals surface area contributed by atoms with E-state index in [1.165, 1.54) is 34.9 Å². The number of fused-ring (bicyclic) bond motifs is 1. The van der Waals surface area contributed by atoms with Gasteiger partial charge in [-0.2, -0.15) is 0 Å². The number of carbonyl (C=O) groups is 2. The number of hydrogen-bond donors (Lipinski definition) is 1. The van der Waals surface area contributed by atoms with Crippen LogP contribution < -0.4 is 10.9 Å². The fourth-order valence-corrected chi connectivity index (χ4v) is 7.01. The molecule has 7 nitrogen and oxygen atoms in total. The van der Waals surface area contributed by atoms with Crippen LogP contribution in [-0.2, 0) is 14.3 Å². The minimum atomic E-state index is -0.395. The standard InChI is InChI=1S/C25H27N3O4S3/c1-6-32-24(31)20-14(3)16(5)35-22(20)26-18(29)12-33-25-27-21-19(13(2)15(4)34-21)23(30)28(25)17-10-8-7-9-11-17/h7-11,14,16H,6,12H2,1-5H3,(H,26,29). The Hall–Kier alpha value is -2.56. The van der Waals surface area contributed by atoms with Crippen LogP contribution in [-0.4, -0.2) is 39.0 Å². The molecule has 2 unspecified atom stereocenters. The Labute approximate surface area is 216 Å². The van der Waals surface area contributed by atoms with E-state index in [0.29, 0.717) is 31.7 Å². The Morgan fingerprint density at radius 2 is 1.91 bits per heavy atom. The molecule has 1 aliphatic rings. The zero-order valence-electron chi connectivity index (χ0n) is 20.2. The van der Waals surface area contributed by atoms with Gasteiger partial charge in [0.2, 0.25) is 5.91 Å². The molecule has 2 aromatic heterocycles. The summed E-state index contributed by atoms with van der Waals surface area (Å²) in [7, 11) is 0. The minimum absolute atomic E-state index is 0.0281. The second kappa shape index (κ2) is 10.6. The van der Waals surface area contributed by atoms with Crippen LogP contribution in [0.3, 0.4) is 0 Å². The van der Waals surface area contributed by atoms with Crippen LogP contribution in [0.1, 0.15) is 31.2 Å². The summed E-state index contributed by atoms with van der Waals surface area (Å²) < 4.78 is 6.77. The molecule has 0 spiro atoms. The fourth-order valence-electron chi connectivity index (χ4n) is 3.85. The Bertz CT molecular complexity index is 1380. The highest BCUT2D eigenvalue weighted by atomic mass is 32.2. The van der Waals surface area contributed by atoms with Gasteiger partial charge >= 0.3 is 5.97 Å². The van der Waals surface area contributed by atoms with Crippen LogP contribution in [0.5, 0.6) is 0 Å². The first kappa shape index (κ1) is 25.5. The molecule has 4 rings (SSSR count). The van der Waals surface area contributed by atoms with Crippen molar-refractivity contribution in [2.45, 2.75) is 45.0 Å². The number of amides is 1. The van der Waals surface area contributed by atoms with Crippen molar-refractivity contribution in [3.05, 3.63) is 61.7 Å².